The van der Waals surface area contributed by atoms with Crippen molar-refractivity contribution in [1.82, 2.24) is 5.32 Å². The predicted octanol–water partition coefficient (Wildman–Crippen LogP) is 2.46. The Balaban J connectivity index is 1.80. The number of aryl methyl sites for hydroxylation is 1. The lowest BCUT2D eigenvalue weighted by atomic mass is 9.96. The van der Waals surface area contributed by atoms with Gasteiger partial charge in [0.05, 0.1) is 6.54 Å². The predicted molar refractivity (Wildman–Crippen MR) is 85.3 cm³/mol. The van der Waals surface area contributed by atoms with Crippen molar-refractivity contribution in [3.05, 3.63) is 29.8 Å². The number of aliphatic hydroxyl groups excluding tert-OH is 1. The summed E-state index contributed by atoms with van der Waals surface area (Å²) in [6.45, 7) is 2.53. The number of nitrogens with one attached hydrogen (secondary N) is 2. The first-order valence-corrected chi connectivity index (χ1v) is 7.90. The molecule has 1 saturated carbocycles. The third kappa shape index (κ3) is 5.14. The van der Waals surface area contributed by atoms with Gasteiger partial charge in [0.25, 0.3) is 0 Å². The van der Waals surface area contributed by atoms with Gasteiger partial charge in [0.1, 0.15) is 0 Å². The second kappa shape index (κ2) is 8.15. The highest BCUT2D eigenvalue weighted by Crippen LogP contribution is 2.23. The molecule has 1 aromatic carbocycles. The quantitative estimate of drug-likeness (QED) is 0.730. The van der Waals surface area contributed by atoms with Gasteiger partial charge in [-0.2, -0.15) is 0 Å². The fraction of sp³-hybridized carbons (Fsp3) is 0.588. The van der Waals surface area contributed by atoms with E-state index >= 15 is 0 Å². The van der Waals surface area contributed by atoms with Crippen LogP contribution in [0.4, 0.5) is 5.69 Å². The number of carbonyl (C=O) groups is 1. The second-order valence-electron chi connectivity index (χ2n) is 5.98. The van der Waals surface area contributed by atoms with Crippen molar-refractivity contribution in [2.75, 3.05) is 18.5 Å². The van der Waals surface area contributed by atoms with E-state index in [1.165, 1.54) is 24.8 Å². The molecule has 0 heterocycles. The first kappa shape index (κ1) is 16.0. The van der Waals surface area contributed by atoms with Crippen molar-refractivity contribution in [3.8, 4) is 0 Å². The lowest BCUT2D eigenvalue weighted by Crippen LogP contribution is -2.41. The third-order valence-corrected chi connectivity index (χ3v) is 4.25. The van der Waals surface area contributed by atoms with Crippen LogP contribution in [-0.2, 0) is 4.79 Å². The highest BCUT2D eigenvalue weighted by Gasteiger charge is 2.23. The summed E-state index contributed by atoms with van der Waals surface area (Å²) in [5, 5.41) is 15.7. The van der Waals surface area contributed by atoms with Gasteiger partial charge in [0.15, 0.2) is 0 Å². The Morgan fingerprint density at radius 3 is 2.62 bits per heavy atom. The van der Waals surface area contributed by atoms with Gasteiger partial charge in [-0.05, 0) is 37.8 Å². The molecule has 2 atom stereocenters. The maximum atomic E-state index is 12.0. The summed E-state index contributed by atoms with van der Waals surface area (Å²) < 4.78 is 0. The van der Waals surface area contributed by atoms with Crippen molar-refractivity contribution in [2.24, 2.45) is 5.92 Å². The summed E-state index contributed by atoms with van der Waals surface area (Å²) >= 11 is 0. The van der Waals surface area contributed by atoms with Crippen LogP contribution in [0.5, 0.6) is 0 Å². The van der Waals surface area contributed by atoms with Crippen LogP contribution in [0.2, 0.25) is 0 Å². The van der Waals surface area contributed by atoms with Crippen LogP contribution < -0.4 is 10.6 Å². The Morgan fingerprint density at radius 2 is 1.90 bits per heavy atom. The van der Waals surface area contributed by atoms with Crippen molar-refractivity contribution in [3.63, 3.8) is 0 Å². The van der Waals surface area contributed by atoms with E-state index in [-0.39, 0.29) is 24.5 Å². The molecule has 0 bridgehead atoms. The maximum absolute atomic E-state index is 12.0. The van der Waals surface area contributed by atoms with E-state index in [2.05, 4.69) is 10.6 Å². The number of hydrogen-bond donors (Lipinski definition) is 3. The zero-order valence-electron chi connectivity index (χ0n) is 12.8. The van der Waals surface area contributed by atoms with Crippen LogP contribution in [0.15, 0.2) is 24.3 Å². The molecule has 4 heteroatoms. The van der Waals surface area contributed by atoms with Gasteiger partial charge < -0.3 is 15.7 Å². The Labute approximate surface area is 126 Å². The number of carbonyl (C=O) groups excluding carboxylic acids is 1. The zero-order chi connectivity index (χ0) is 15.1. The number of amides is 1. The molecule has 0 unspecified atom stereocenters. The molecule has 116 valence electrons. The minimum Gasteiger partial charge on any atom is -0.396 e. The van der Waals surface area contributed by atoms with Crippen LogP contribution >= 0.6 is 0 Å². The average Bonchev–Trinajstić information content (AvgIpc) is 2.72. The van der Waals surface area contributed by atoms with Gasteiger partial charge in [0.2, 0.25) is 5.91 Å². The SMILES string of the molecule is Cc1ccc(NC(=O)CN[C@@H]2CCCCC[C@@H]2CO)cc1. The molecule has 1 amide bonds. The van der Waals surface area contributed by atoms with Crippen molar-refractivity contribution in [1.29, 1.82) is 0 Å². The van der Waals surface area contributed by atoms with Gasteiger partial charge >= 0.3 is 0 Å². The van der Waals surface area contributed by atoms with E-state index in [1.807, 2.05) is 31.2 Å². The molecule has 2 rings (SSSR count). The average molecular weight is 290 g/mol. The molecular formula is C17H26N2O2. The topological polar surface area (TPSA) is 61.4 Å². The first-order chi connectivity index (χ1) is 10.2. The molecule has 0 aromatic heterocycles. The largest absolute Gasteiger partial charge is 0.396 e. The lowest BCUT2D eigenvalue weighted by molar-refractivity contribution is -0.115. The second-order valence-corrected chi connectivity index (χ2v) is 5.98. The van der Waals surface area contributed by atoms with Gasteiger partial charge in [0, 0.05) is 18.3 Å². The number of anilines is 1. The zero-order valence-corrected chi connectivity index (χ0v) is 12.8. The van der Waals surface area contributed by atoms with E-state index < -0.39 is 0 Å². The standard InChI is InChI=1S/C17H26N2O2/c1-13-7-9-15(10-8-13)19-17(21)11-18-16-6-4-2-3-5-14(16)12-20/h7-10,14,16,18,20H,2-6,11-12H2,1H3,(H,19,21)/t14-,16-/m1/s1. The molecule has 1 fully saturated rings. The van der Waals surface area contributed by atoms with Gasteiger partial charge in [-0.3, -0.25) is 4.79 Å². The number of aliphatic hydroxyl groups is 1. The number of benzene rings is 1. The van der Waals surface area contributed by atoms with Gasteiger partial charge in [-0.25, -0.2) is 0 Å². The molecule has 0 saturated heterocycles. The van der Waals surface area contributed by atoms with E-state index in [0.717, 1.165) is 18.5 Å². The summed E-state index contributed by atoms with van der Waals surface area (Å²) in [7, 11) is 0. The summed E-state index contributed by atoms with van der Waals surface area (Å²) in [6, 6.07) is 8.04. The molecular weight excluding hydrogens is 264 g/mol. The summed E-state index contributed by atoms with van der Waals surface area (Å²) in [4.78, 5) is 12.0. The van der Waals surface area contributed by atoms with Crippen molar-refractivity contribution >= 4 is 11.6 Å². The molecule has 0 spiro atoms. The number of hydrogen-bond acceptors (Lipinski definition) is 3. The van der Waals surface area contributed by atoms with Crippen LogP contribution in [0.25, 0.3) is 0 Å². The van der Waals surface area contributed by atoms with Gasteiger partial charge in [-0.1, -0.05) is 37.0 Å². The fourth-order valence-electron chi connectivity index (χ4n) is 2.94. The van der Waals surface area contributed by atoms with Crippen LogP contribution in [-0.4, -0.2) is 30.2 Å². The minimum absolute atomic E-state index is 0.0280. The summed E-state index contributed by atoms with van der Waals surface area (Å²) in [6.07, 6.45) is 5.67. The molecule has 1 aromatic rings. The molecule has 1 aliphatic carbocycles. The van der Waals surface area contributed by atoms with E-state index in [9.17, 15) is 9.90 Å². The normalized spacial score (nSPS) is 22.6. The minimum atomic E-state index is -0.0280. The van der Waals surface area contributed by atoms with Crippen molar-refractivity contribution in [2.45, 2.75) is 45.1 Å². The Bertz CT molecular complexity index is 445. The van der Waals surface area contributed by atoms with E-state index in [4.69, 9.17) is 0 Å². The lowest BCUT2D eigenvalue weighted by Gasteiger charge is -2.24. The van der Waals surface area contributed by atoms with Gasteiger partial charge in [-0.15, -0.1) is 0 Å². The molecule has 0 aliphatic heterocycles. The molecule has 4 nitrogen and oxygen atoms in total. The highest BCUT2D eigenvalue weighted by atomic mass is 16.3. The Morgan fingerprint density at radius 1 is 1.19 bits per heavy atom. The summed E-state index contributed by atoms with van der Waals surface area (Å²) in [5.41, 5.74) is 2.00. The molecule has 1 aliphatic rings. The molecule has 21 heavy (non-hydrogen) atoms. The number of rotatable bonds is 5. The smallest absolute Gasteiger partial charge is 0.238 e. The molecule has 3 N–H and O–H groups in total. The van der Waals surface area contributed by atoms with E-state index in [1.54, 1.807) is 0 Å². The summed E-state index contributed by atoms with van der Waals surface area (Å²) in [5.74, 6) is 0.250. The molecule has 0 radical (unpaired) electrons. The van der Waals surface area contributed by atoms with Crippen LogP contribution in [0.1, 0.15) is 37.7 Å². The first-order valence-electron chi connectivity index (χ1n) is 7.90. The third-order valence-electron chi connectivity index (χ3n) is 4.25. The van der Waals surface area contributed by atoms with Crippen LogP contribution in [0, 0.1) is 12.8 Å². The monoisotopic (exact) mass is 290 g/mol. The Kier molecular flexibility index (Phi) is 6.21. The van der Waals surface area contributed by atoms with E-state index in [0.29, 0.717) is 6.54 Å². The van der Waals surface area contributed by atoms with Crippen molar-refractivity contribution < 1.29 is 9.90 Å². The maximum Gasteiger partial charge on any atom is 0.238 e. The fourth-order valence-corrected chi connectivity index (χ4v) is 2.94. The highest BCUT2D eigenvalue weighted by molar-refractivity contribution is 5.92. The van der Waals surface area contributed by atoms with Crippen LogP contribution in [0.3, 0.4) is 0 Å². The Hall–Kier alpha value is -1.39.